The zero-order valence-electron chi connectivity index (χ0n) is 11.9. The van der Waals surface area contributed by atoms with E-state index in [0.717, 1.165) is 0 Å². The summed E-state index contributed by atoms with van der Waals surface area (Å²) in [4.78, 5) is 13.6. The van der Waals surface area contributed by atoms with E-state index in [2.05, 4.69) is 5.32 Å². The van der Waals surface area contributed by atoms with Crippen LogP contribution >= 0.6 is 0 Å². The lowest BCUT2D eigenvalue weighted by atomic mass is 9.90. The number of nitrogens with zero attached hydrogens (tertiary/aromatic N) is 1. The minimum absolute atomic E-state index is 0.117. The molecule has 0 aromatic heterocycles. The first-order valence-electron chi connectivity index (χ1n) is 6.80. The summed E-state index contributed by atoms with van der Waals surface area (Å²) in [5.74, 6) is 0. The molecule has 0 aliphatic carbocycles. The highest BCUT2D eigenvalue weighted by atomic mass is 16.6. The van der Waals surface area contributed by atoms with Crippen molar-refractivity contribution in [3.05, 3.63) is 0 Å². The first kappa shape index (κ1) is 14.6. The Morgan fingerprint density at radius 2 is 2.21 bits per heavy atom. The molecule has 0 saturated carbocycles. The molecule has 2 aliphatic rings. The number of rotatable bonds is 2. The summed E-state index contributed by atoms with van der Waals surface area (Å²) in [7, 11) is 0. The monoisotopic (exact) mass is 272 g/mol. The minimum Gasteiger partial charge on any atom is -0.444 e. The van der Waals surface area contributed by atoms with Crippen molar-refractivity contribution in [1.29, 1.82) is 0 Å². The van der Waals surface area contributed by atoms with E-state index < -0.39 is 11.2 Å². The van der Waals surface area contributed by atoms with Gasteiger partial charge in [-0.15, -0.1) is 0 Å². The number of ether oxygens (including phenoxy) is 2. The molecular weight excluding hydrogens is 248 g/mol. The summed E-state index contributed by atoms with van der Waals surface area (Å²) in [5, 5.41) is 13.1. The number of β-amino-alcohol motifs (C(OH)–C–C–N with tert-alkyl or cyclic N) is 1. The normalized spacial score (nSPS) is 26.7. The van der Waals surface area contributed by atoms with Crippen LogP contribution in [0, 0.1) is 0 Å². The number of amides is 1. The van der Waals surface area contributed by atoms with Crippen molar-refractivity contribution in [3.63, 3.8) is 0 Å². The summed E-state index contributed by atoms with van der Waals surface area (Å²) < 4.78 is 11.0. The average Bonchev–Trinajstić information content (AvgIpc) is 2.25. The second-order valence-corrected chi connectivity index (χ2v) is 6.45. The van der Waals surface area contributed by atoms with E-state index in [1.807, 2.05) is 20.8 Å². The van der Waals surface area contributed by atoms with E-state index in [-0.39, 0.29) is 12.2 Å². The minimum atomic E-state index is -0.679. The quantitative estimate of drug-likeness (QED) is 0.759. The highest BCUT2D eigenvalue weighted by Gasteiger charge is 2.39. The van der Waals surface area contributed by atoms with Gasteiger partial charge in [-0.3, -0.25) is 0 Å². The zero-order chi connectivity index (χ0) is 14.1. The molecule has 2 fully saturated rings. The molecule has 1 atom stereocenters. The molecule has 6 nitrogen and oxygen atoms in total. The van der Waals surface area contributed by atoms with Crippen LogP contribution in [-0.2, 0) is 9.47 Å². The van der Waals surface area contributed by atoms with Gasteiger partial charge in [0.05, 0.1) is 24.9 Å². The van der Waals surface area contributed by atoms with Gasteiger partial charge < -0.3 is 24.8 Å². The standard InChI is InChI=1S/C13H24N2O4/c1-12(2,3)19-11(16)15-4-5-18-10(7-15)6-13(17)8-14-9-13/h10,14,17H,4-9H2,1-3H3. The average molecular weight is 272 g/mol. The molecule has 1 amide bonds. The van der Waals surface area contributed by atoms with Crippen molar-refractivity contribution >= 4 is 6.09 Å². The SMILES string of the molecule is CC(C)(C)OC(=O)N1CCOC(CC2(O)CNC2)C1. The molecule has 110 valence electrons. The van der Waals surface area contributed by atoms with Crippen LogP contribution in [0.1, 0.15) is 27.2 Å². The fraction of sp³-hybridized carbons (Fsp3) is 0.923. The number of hydrogen-bond acceptors (Lipinski definition) is 5. The number of carbonyl (C=O) groups excluding carboxylic acids is 1. The predicted molar refractivity (Wildman–Crippen MR) is 70.0 cm³/mol. The third kappa shape index (κ3) is 4.06. The summed E-state index contributed by atoms with van der Waals surface area (Å²) in [6.07, 6.45) is 0.132. The Hall–Kier alpha value is -0.850. The van der Waals surface area contributed by atoms with Gasteiger partial charge in [-0.2, -0.15) is 0 Å². The van der Waals surface area contributed by atoms with Gasteiger partial charge in [0.15, 0.2) is 0 Å². The topological polar surface area (TPSA) is 71.0 Å². The molecule has 0 aromatic carbocycles. The summed E-state index contributed by atoms with van der Waals surface area (Å²) in [6, 6.07) is 0. The molecule has 0 radical (unpaired) electrons. The second kappa shape index (κ2) is 5.26. The Kier molecular flexibility index (Phi) is 4.03. The van der Waals surface area contributed by atoms with Crippen molar-refractivity contribution in [2.24, 2.45) is 0 Å². The van der Waals surface area contributed by atoms with Gasteiger partial charge in [0.25, 0.3) is 0 Å². The van der Waals surface area contributed by atoms with Gasteiger partial charge >= 0.3 is 6.09 Å². The maximum atomic E-state index is 12.0. The van der Waals surface area contributed by atoms with Crippen LogP contribution in [0.25, 0.3) is 0 Å². The van der Waals surface area contributed by atoms with E-state index in [1.165, 1.54) is 0 Å². The highest BCUT2D eigenvalue weighted by Crippen LogP contribution is 2.22. The van der Waals surface area contributed by atoms with E-state index in [1.54, 1.807) is 4.90 Å². The molecule has 0 bridgehead atoms. The summed E-state index contributed by atoms with van der Waals surface area (Å²) >= 11 is 0. The first-order chi connectivity index (χ1) is 8.77. The number of hydrogen-bond donors (Lipinski definition) is 2. The highest BCUT2D eigenvalue weighted by molar-refractivity contribution is 5.68. The smallest absolute Gasteiger partial charge is 0.410 e. The Bertz CT molecular complexity index is 336. The molecule has 2 rings (SSSR count). The molecule has 1 unspecified atom stereocenters. The van der Waals surface area contributed by atoms with Gasteiger partial charge in [-0.1, -0.05) is 0 Å². The van der Waals surface area contributed by atoms with Crippen molar-refractivity contribution < 1.29 is 19.4 Å². The number of carbonyl (C=O) groups is 1. The van der Waals surface area contributed by atoms with Gasteiger partial charge in [-0.25, -0.2) is 4.79 Å². The molecule has 19 heavy (non-hydrogen) atoms. The van der Waals surface area contributed by atoms with E-state index in [0.29, 0.717) is 39.2 Å². The van der Waals surface area contributed by atoms with Gasteiger partial charge in [-0.05, 0) is 20.8 Å². The molecule has 0 aromatic rings. The van der Waals surface area contributed by atoms with Crippen LogP contribution in [0.15, 0.2) is 0 Å². The molecular formula is C13H24N2O4. The molecule has 0 spiro atoms. The zero-order valence-corrected chi connectivity index (χ0v) is 11.9. The Morgan fingerprint density at radius 3 is 2.74 bits per heavy atom. The number of nitrogens with one attached hydrogen (secondary N) is 1. The molecule has 2 saturated heterocycles. The van der Waals surface area contributed by atoms with Crippen molar-refractivity contribution in [1.82, 2.24) is 10.2 Å². The summed E-state index contributed by atoms with van der Waals surface area (Å²) in [5.41, 5.74) is -1.16. The number of aliphatic hydroxyl groups is 1. The molecule has 2 aliphatic heterocycles. The van der Waals surface area contributed by atoms with Crippen LogP contribution in [-0.4, -0.2) is 66.2 Å². The van der Waals surface area contributed by atoms with Crippen molar-refractivity contribution in [3.8, 4) is 0 Å². The fourth-order valence-electron chi connectivity index (χ4n) is 2.32. The van der Waals surface area contributed by atoms with Gasteiger partial charge in [0.2, 0.25) is 0 Å². The fourth-order valence-corrected chi connectivity index (χ4v) is 2.32. The van der Waals surface area contributed by atoms with Crippen LogP contribution < -0.4 is 5.32 Å². The lowest BCUT2D eigenvalue weighted by Crippen LogP contribution is -2.62. The van der Waals surface area contributed by atoms with E-state index in [4.69, 9.17) is 9.47 Å². The number of morpholine rings is 1. The van der Waals surface area contributed by atoms with Crippen molar-refractivity contribution in [2.45, 2.75) is 44.5 Å². The first-order valence-corrected chi connectivity index (χ1v) is 6.80. The summed E-state index contributed by atoms with van der Waals surface area (Å²) in [6.45, 7) is 8.27. The Labute approximate surface area is 114 Å². The second-order valence-electron chi connectivity index (χ2n) is 6.45. The third-order valence-electron chi connectivity index (χ3n) is 3.31. The lowest BCUT2D eigenvalue weighted by Gasteiger charge is -2.42. The van der Waals surface area contributed by atoms with Gasteiger partial charge in [0.1, 0.15) is 5.60 Å². The maximum absolute atomic E-state index is 12.0. The van der Waals surface area contributed by atoms with Crippen LogP contribution in [0.2, 0.25) is 0 Å². The molecule has 2 N–H and O–H groups in total. The van der Waals surface area contributed by atoms with E-state index >= 15 is 0 Å². The molecule has 2 heterocycles. The predicted octanol–water partition coefficient (Wildman–Crippen LogP) is 0.347. The van der Waals surface area contributed by atoms with E-state index in [9.17, 15) is 9.90 Å². The van der Waals surface area contributed by atoms with Gasteiger partial charge in [0, 0.05) is 26.1 Å². The largest absolute Gasteiger partial charge is 0.444 e. The Balaban J connectivity index is 1.84. The third-order valence-corrected chi connectivity index (χ3v) is 3.31. The maximum Gasteiger partial charge on any atom is 0.410 e. The Morgan fingerprint density at radius 1 is 1.53 bits per heavy atom. The van der Waals surface area contributed by atoms with Crippen LogP contribution in [0.4, 0.5) is 4.79 Å². The van der Waals surface area contributed by atoms with Crippen LogP contribution in [0.3, 0.4) is 0 Å². The molecule has 6 heteroatoms. The lowest BCUT2D eigenvalue weighted by molar-refractivity contribution is -0.0960. The van der Waals surface area contributed by atoms with Crippen LogP contribution in [0.5, 0.6) is 0 Å². The van der Waals surface area contributed by atoms with Crippen molar-refractivity contribution in [2.75, 3.05) is 32.8 Å².